The van der Waals surface area contributed by atoms with Gasteiger partial charge in [-0.25, -0.2) is 0 Å². The van der Waals surface area contributed by atoms with Gasteiger partial charge in [0.15, 0.2) is 0 Å². The molecule has 1 aliphatic rings. The van der Waals surface area contributed by atoms with Crippen molar-refractivity contribution in [2.75, 3.05) is 13.1 Å². The van der Waals surface area contributed by atoms with E-state index in [-0.39, 0.29) is 11.4 Å². The van der Waals surface area contributed by atoms with Gasteiger partial charge in [0.2, 0.25) is 0 Å². The van der Waals surface area contributed by atoms with Gasteiger partial charge in [0.1, 0.15) is 5.69 Å². The number of piperidine rings is 1. The minimum Gasteiger partial charge on any atom is -0.350 e. The lowest BCUT2D eigenvalue weighted by atomic mass is 9.89. The van der Waals surface area contributed by atoms with Gasteiger partial charge in [-0.15, -0.1) is 0 Å². The highest BCUT2D eigenvalue weighted by Gasteiger charge is 2.30. The van der Waals surface area contributed by atoms with E-state index < -0.39 is 0 Å². The van der Waals surface area contributed by atoms with E-state index >= 15 is 0 Å². The summed E-state index contributed by atoms with van der Waals surface area (Å²) in [5, 5.41) is 5.91. The fraction of sp³-hybridized carbons (Fsp3) is 0.478. The Morgan fingerprint density at radius 3 is 2.50 bits per heavy atom. The van der Waals surface area contributed by atoms with Gasteiger partial charge >= 0.3 is 0 Å². The molecule has 0 unspecified atom stereocenters. The first-order chi connectivity index (χ1) is 13.3. The van der Waals surface area contributed by atoms with Gasteiger partial charge in [-0.1, -0.05) is 18.2 Å². The predicted octanol–water partition coefficient (Wildman–Crippen LogP) is 4.46. The number of hydrogen-bond donors (Lipinski definition) is 0. The van der Waals surface area contributed by atoms with Crippen molar-refractivity contribution in [2.45, 2.75) is 52.0 Å². The number of benzene rings is 1. The molecule has 3 heterocycles. The number of fused-ring (bicyclic) bond motifs is 1. The van der Waals surface area contributed by atoms with Crippen LogP contribution in [0.5, 0.6) is 0 Å². The summed E-state index contributed by atoms with van der Waals surface area (Å²) < 4.78 is 4.09. The van der Waals surface area contributed by atoms with Crippen molar-refractivity contribution in [3.8, 4) is 0 Å². The highest BCUT2D eigenvalue weighted by atomic mass is 16.2. The molecule has 0 radical (unpaired) electrons. The molecule has 0 bridgehead atoms. The molecule has 5 nitrogen and oxygen atoms in total. The van der Waals surface area contributed by atoms with Crippen LogP contribution in [-0.2, 0) is 12.6 Å². The number of carbonyl (C=O) groups excluding carboxylic acids is 1. The van der Waals surface area contributed by atoms with Crippen LogP contribution in [0, 0.1) is 6.92 Å². The molecule has 1 saturated heterocycles. The SMILES string of the molecule is Cc1cc(C(=O)N2CCC(c3cn(C)c4ccccc34)CC2)n(C(C)(C)C)n1. The minimum absolute atomic E-state index is 0.104. The highest BCUT2D eigenvalue weighted by molar-refractivity contribution is 5.93. The molecule has 148 valence electrons. The van der Waals surface area contributed by atoms with Crippen molar-refractivity contribution in [2.24, 2.45) is 7.05 Å². The number of para-hydroxylation sites is 1. The fourth-order valence-electron chi connectivity index (χ4n) is 4.42. The number of likely N-dealkylation sites (tertiary alicyclic amines) is 1. The number of hydrogen-bond acceptors (Lipinski definition) is 2. The minimum atomic E-state index is -0.208. The van der Waals surface area contributed by atoms with Crippen LogP contribution < -0.4 is 0 Å². The van der Waals surface area contributed by atoms with Gasteiger partial charge < -0.3 is 9.47 Å². The molecule has 1 fully saturated rings. The van der Waals surface area contributed by atoms with E-state index in [2.05, 4.69) is 67.9 Å². The lowest BCUT2D eigenvalue weighted by molar-refractivity contribution is 0.0692. The monoisotopic (exact) mass is 378 g/mol. The summed E-state index contributed by atoms with van der Waals surface area (Å²) in [6.07, 6.45) is 4.27. The largest absolute Gasteiger partial charge is 0.350 e. The van der Waals surface area contributed by atoms with Crippen LogP contribution in [0.1, 0.15) is 61.3 Å². The Kier molecular flexibility index (Phi) is 4.56. The lowest BCUT2D eigenvalue weighted by Gasteiger charge is -2.33. The fourth-order valence-corrected chi connectivity index (χ4v) is 4.42. The van der Waals surface area contributed by atoms with Gasteiger partial charge in [-0.2, -0.15) is 5.10 Å². The van der Waals surface area contributed by atoms with Crippen LogP contribution in [0.25, 0.3) is 10.9 Å². The first kappa shape index (κ1) is 18.8. The Hall–Kier alpha value is -2.56. The summed E-state index contributed by atoms with van der Waals surface area (Å²) >= 11 is 0. The molecule has 0 atom stereocenters. The van der Waals surface area contributed by atoms with E-state index in [1.807, 2.05) is 22.6 Å². The maximum absolute atomic E-state index is 13.2. The van der Waals surface area contributed by atoms with Gasteiger partial charge in [0, 0.05) is 37.2 Å². The first-order valence-electron chi connectivity index (χ1n) is 10.2. The maximum atomic E-state index is 13.2. The number of aromatic nitrogens is 3. The van der Waals surface area contributed by atoms with Gasteiger partial charge in [0.25, 0.3) is 5.91 Å². The molecule has 0 N–H and O–H groups in total. The summed E-state index contributed by atoms with van der Waals surface area (Å²) in [6.45, 7) is 9.79. The summed E-state index contributed by atoms with van der Waals surface area (Å²) in [7, 11) is 2.11. The first-order valence-corrected chi connectivity index (χ1v) is 10.2. The average molecular weight is 379 g/mol. The molecule has 0 aliphatic carbocycles. The van der Waals surface area contributed by atoms with Crippen LogP contribution in [0.2, 0.25) is 0 Å². The third kappa shape index (κ3) is 3.23. The summed E-state index contributed by atoms with van der Waals surface area (Å²) in [6, 6.07) is 10.5. The van der Waals surface area contributed by atoms with Crippen LogP contribution in [0.4, 0.5) is 0 Å². The third-order valence-electron chi connectivity index (χ3n) is 5.84. The smallest absolute Gasteiger partial charge is 0.272 e. The van der Waals surface area contributed by atoms with Crippen molar-refractivity contribution in [1.29, 1.82) is 0 Å². The molecular formula is C23H30N4O. The van der Waals surface area contributed by atoms with Crippen LogP contribution >= 0.6 is 0 Å². The van der Waals surface area contributed by atoms with Crippen molar-refractivity contribution in [3.05, 3.63) is 53.5 Å². The lowest BCUT2D eigenvalue weighted by Crippen LogP contribution is -2.40. The quantitative estimate of drug-likeness (QED) is 0.661. The topological polar surface area (TPSA) is 43.1 Å². The number of nitrogens with zero attached hydrogens (tertiary/aromatic N) is 4. The molecule has 5 heteroatoms. The molecular weight excluding hydrogens is 348 g/mol. The Morgan fingerprint density at radius 1 is 1.14 bits per heavy atom. The molecule has 1 aromatic carbocycles. The Balaban J connectivity index is 1.52. The van der Waals surface area contributed by atoms with E-state index in [1.165, 1.54) is 16.5 Å². The molecule has 1 aliphatic heterocycles. The molecule has 3 aromatic rings. The van der Waals surface area contributed by atoms with Crippen LogP contribution in [0.3, 0.4) is 0 Å². The molecule has 2 aromatic heterocycles. The highest BCUT2D eigenvalue weighted by Crippen LogP contribution is 2.34. The number of rotatable bonds is 2. The van der Waals surface area contributed by atoms with Crippen molar-refractivity contribution < 1.29 is 4.79 Å². The maximum Gasteiger partial charge on any atom is 0.272 e. The molecule has 28 heavy (non-hydrogen) atoms. The number of aryl methyl sites for hydroxylation is 2. The molecule has 0 spiro atoms. The van der Waals surface area contributed by atoms with Gasteiger partial charge in [-0.3, -0.25) is 9.48 Å². The summed E-state index contributed by atoms with van der Waals surface area (Å²) in [4.78, 5) is 15.2. The zero-order valence-electron chi connectivity index (χ0n) is 17.6. The molecule has 1 amide bonds. The van der Waals surface area contributed by atoms with Crippen molar-refractivity contribution in [3.63, 3.8) is 0 Å². The van der Waals surface area contributed by atoms with Crippen LogP contribution in [0.15, 0.2) is 36.5 Å². The van der Waals surface area contributed by atoms with Crippen molar-refractivity contribution >= 4 is 16.8 Å². The van der Waals surface area contributed by atoms with E-state index in [9.17, 15) is 4.79 Å². The van der Waals surface area contributed by atoms with E-state index in [4.69, 9.17) is 0 Å². The van der Waals surface area contributed by atoms with E-state index in [1.54, 1.807) is 0 Å². The molecule has 0 saturated carbocycles. The second-order valence-electron chi connectivity index (χ2n) is 9.03. The second kappa shape index (κ2) is 6.80. The number of carbonyl (C=O) groups is 1. The summed E-state index contributed by atoms with van der Waals surface area (Å²) in [5.74, 6) is 0.608. The van der Waals surface area contributed by atoms with E-state index in [0.29, 0.717) is 11.6 Å². The normalized spacial score (nSPS) is 16.1. The second-order valence-corrected chi connectivity index (χ2v) is 9.03. The predicted molar refractivity (Wildman–Crippen MR) is 113 cm³/mol. The Bertz CT molecular complexity index is 1010. The third-order valence-corrected chi connectivity index (χ3v) is 5.84. The standard InChI is InChI=1S/C23H30N4O/c1-16-14-21(27(24-16)23(2,3)4)22(28)26-12-10-17(11-13-26)19-15-25(5)20-9-7-6-8-18(19)20/h6-9,14-15,17H,10-13H2,1-5H3. The van der Waals surface area contributed by atoms with Gasteiger partial charge in [0.05, 0.1) is 11.2 Å². The zero-order valence-corrected chi connectivity index (χ0v) is 17.6. The van der Waals surface area contributed by atoms with Crippen LogP contribution in [-0.4, -0.2) is 38.2 Å². The number of amides is 1. The zero-order chi connectivity index (χ0) is 20.1. The molecule has 4 rings (SSSR count). The Labute approximate surface area is 166 Å². The Morgan fingerprint density at radius 2 is 1.82 bits per heavy atom. The van der Waals surface area contributed by atoms with Gasteiger partial charge in [-0.05, 0) is 64.2 Å². The van der Waals surface area contributed by atoms with Crippen molar-refractivity contribution in [1.82, 2.24) is 19.2 Å². The van der Waals surface area contributed by atoms with E-state index in [0.717, 1.165) is 31.6 Å². The average Bonchev–Trinajstić information content (AvgIpc) is 3.22. The summed E-state index contributed by atoms with van der Waals surface area (Å²) in [5.41, 5.74) is 4.08.